The zero-order chi connectivity index (χ0) is 53.0. The standard InChI is InChI=1S/C50H71N13O11/c1-33-13-15-52-40(24-33)41-25-35(14-16-53-41)47(68)56-28-38-30-62(60-58-38)19-21-72-23-22-71-20-17-54-48(69)39(51)26-37-29-61(59-57-37)18-9-8-12-42(63(2,3)4)49(70)55-27-36(34-10-6-5-7-11-34)32-73-50-46(67)45(66)44(65)43(31-64)74-50/h5-7,10-11,13-16,24-25,29-30,36,39,42-46,50,64-67H,8-9,12,17-23,26-28,31-32,51H2,1-4H3,(H2-,54,55,56,68,69,70)/p+1/t36?,39-,42-,43+,44+,45-,46+,50+/m0/s1. The van der Waals surface area contributed by atoms with Crippen molar-refractivity contribution in [2.24, 2.45) is 5.73 Å². The van der Waals surface area contributed by atoms with E-state index < -0.39 is 43.4 Å². The highest BCUT2D eigenvalue weighted by atomic mass is 16.7. The van der Waals surface area contributed by atoms with E-state index in [4.69, 9.17) is 24.7 Å². The Balaban J connectivity index is 0.812. The Labute approximate surface area is 430 Å². The van der Waals surface area contributed by atoms with Crippen molar-refractivity contribution in [3.8, 4) is 11.4 Å². The Bertz CT molecular complexity index is 2510. The van der Waals surface area contributed by atoms with Crippen LogP contribution in [-0.2, 0) is 54.6 Å². The van der Waals surface area contributed by atoms with E-state index in [0.717, 1.165) is 24.0 Å². The summed E-state index contributed by atoms with van der Waals surface area (Å²) in [4.78, 5) is 47.9. The highest BCUT2D eigenvalue weighted by molar-refractivity contribution is 5.94. The molecule has 1 unspecified atom stereocenters. The first-order valence-corrected chi connectivity index (χ1v) is 24.8. The van der Waals surface area contributed by atoms with Gasteiger partial charge in [0.05, 0.1) is 103 Å². The molecule has 5 heterocycles. The summed E-state index contributed by atoms with van der Waals surface area (Å²) in [7, 11) is 5.89. The van der Waals surface area contributed by atoms with Gasteiger partial charge in [0.2, 0.25) is 5.91 Å². The third-order valence-corrected chi connectivity index (χ3v) is 12.4. The molecule has 9 N–H and O–H groups in total. The van der Waals surface area contributed by atoms with E-state index in [1.54, 1.807) is 46.3 Å². The van der Waals surface area contributed by atoms with E-state index in [0.29, 0.717) is 72.2 Å². The number of unbranched alkanes of at least 4 members (excludes halogenated alkanes) is 1. The number of aromatic nitrogens is 8. The van der Waals surface area contributed by atoms with Gasteiger partial charge in [-0.2, -0.15) is 0 Å². The zero-order valence-corrected chi connectivity index (χ0v) is 42.5. The van der Waals surface area contributed by atoms with E-state index in [9.17, 15) is 34.8 Å². The normalized spacial score (nSPS) is 19.1. The predicted molar refractivity (Wildman–Crippen MR) is 267 cm³/mol. The van der Waals surface area contributed by atoms with Gasteiger partial charge in [-0.05, 0) is 55.2 Å². The van der Waals surface area contributed by atoms with Crippen molar-refractivity contribution < 1.29 is 58.2 Å². The third kappa shape index (κ3) is 17.5. The molecule has 0 spiro atoms. The monoisotopic (exact) mass is 1030 g/mol. The quantitative estimate of drug-likeness (QED) is 0.0207. The van der Waals surface area contributed by atoms with Crippen LogP contribution in [0, 0.1) is 6.92 Å². The van der Waals surface area contributed by atoms with Crippen LogP contribution < -0.4 is 21.7 Å². The van der Waals surface area contributed by atoms with Crippen LogP contribution >= 0.6 is 0 Å². The smallest absolute Gasteiger partial charge is 0.278 e. The number of carbonyl (C=O) groups is 3. The Morgan fingerprint density at radius 3 is 2.22 bits per heavy atom. The minimum atomic E-state index is -1.57. The molecule has 1 aliphatic heterocycles. The maximum Gasteiger partial charge on any atom is 0.278 e. The number of pyridine rings is 2. The molecule has 8 atom stereocenters. The minimum Gasteiger partial charge on any atom is -0.394 e. The summed E-state index contributed by atoms with van der Waals surface area (Å²) in [5.41, 5.74) is 11.1. The van der Waals surface area contributed by atoms with Gasteiger partial charge in [-0.25, -0.2) is 4.68 Å². The highest BCUT2D eigenvalue weighted by Gasteiger charge is 2.44. The molecular weight excluding hydrogens is 959 g/mol. The summed E-state index contributed by atoms with van der Waals surface area (Å²) in [6.45, 7) is 4.41. The van der Waals surface area contributed by atoms with Crippen molar-refractivity contribution >= 4 is 17.7 Å². The largest absolute Gasteiger partial charge is 0.394 e. The SMILES string of the molecule is Cc1ccnc(-c2cc(C(=O)NCc3cn(CCOCCOCCNC(=O)[C@@H](N)Cc4cn(CCCC[C@@H](C(=O)NCC(CO[C@@H]5O[C@H](CO)[C@@H](O)[C@H](O)[C@H]5O)c5ccccc5)[N+](C)(C)C)nn4)nn3)ccn2)c1. The lowest BCUT2D eigenvalue weighted by Crippen LogP contribution is -2.59. The van der Waals surface area contributed by atoms with Crippen molar-refractivity contribution in [3.05, 3.63) is 107 Å². The summed E-state index contributed by atoms with van der Waals surface area (Å²) in [5, 5.41) is 65.8. The van der Waals surface area contributed by atoms with Gasteiger partial charge in [0, 0.05) is 62.5 Å². The molecule has 74 heavy (non-hydrogen) atoms. The fourth-order valence-electron chi connectivity index (χ4n) is 8.14. The molecule has 0 radical (unpaired) electrons. The molecule has 402 valence electrons. The number of aliphatic hydroxyl groups excluding tert-OH is 4. The second-order valence-corrected chi connectivity index (χ2v) is 19.1. The second kappa shape index (κ2) is 28.5. The highest BCUT2D eigenvalue weighted by Crippen LogP contribution is 2.25. The van der Waals surface area contributed by atoms with Crippen LogP contribution in [0.2, 0.25) is 0 Å². The zero-order valence-electron chi connectivity index (χ0n) is 42.5. The number of aliphatic hydroxyl groups is 4. The Morgan fingerprint density at radius 1 is 0.797 bits per heavy atom. The lowest BCUT2D eigenvalue weighted by atomic mass is 9.98. The molecule has 1 fully saturated rings. The predicted octanol–water partition coefficient (Wildman–Crippen LogP) is -0.754. The summed E-state index contributed by atoms with van der Waals surface area (Å²) >= 11 is 0. The number of benzene rings is 1. The number of likely N-dealkylation sites (N-methyl/N-ethyl adjacent to an activating group) is 1. The fourth-order valence-corrected chi connectivity index (χ4v) is 8.14. The molecule has 0 aliphatic carbocycles. The lowest BCUT2D eigenvalue weighted by molar-refractivity contribution is -0.886. The van der Waals surface area contributed by atoms with Gasteiger partial charge in [0.1, 0.15) is 30.1 Å². The van der Waals surface area contributed by atoms with E-state index in [2.05, 4.69) is 46.5 Å². The number of rotatable bonds is 30. The van der Waals surface area contributed by atoms with Gasteiger partial charge in [-0.15, -0.1) is 10.2 Å². The van der Waals surface area contributed by atoms with Crippen molar-refractivity contribution in [3.63, 3.8) is 0 Å². The average molecular weight is 1030 g/mol. The Morgan fingerprint density at radius 2 is 1.49 bits per heavy atom. The van der Waals surface area contributed by atoms with E-state index in [1.807, 2.05) is 70.5 Å². The van der Waals surface area contributed by atoms with Crippen LogP contribution in [0.3, 0.4) is 0 Å². The Hall–Kier alpha value is -6.19. The van der Waals surface area contributed by atoms with Gasteiger partial charge < -0.3 is 65.5 Å². The first kappa shape index (κ1) is 57.1. The number of ether oxygens (including phenoxy) is 4. The molecule has 3 amide bonds. The van der Waals surface area contributed by atoms with E-state index in [-0.39, 0.29) is 69.0 Å². The third-order valence-electron chi connectivity index (χ3n) is 12.4. The maximum atomic E-state index is 13.7. The topological polar surface area (TPSA) is 318 Å². The number of nitrogens with zero attached hydrogens (tertiary/aromatic N) is 9. The summed E-state index contributed by atoms with van der Waals surface area (Å²) in [5.74, 6) is -1.08. The molecule has 1 saturated heterocycles. The van der Waals surface area contributed by atoms with Gasteiger partial charge in [-0.1, -0.05) is 40.8 Å². The number of quaternary nitrogens is 1. The summed E-state index contributed by atoms with van der Waals surface area (Å²) in [6.07, 6.45) is 2.03. The molecule has 4 aromatic heterocycles. The molecule has 24 nitrogen and oxygen atoms in total. The maximum absolute atomic E-state index is 13.7. The molecule has 0 bridgehead atoms. The number of amides is 3. The van der Waals surface area contributed by atoms with Crippen molar-refractivity contribution in [1.82, 2.24) is 55.9 Å². The van der Waals surface area contributed by atoms with Gasteiger partial charge in [0.25, 0.3) is 11.8 Å². The van der Waals surface area contributed by atoms with Gasteiger partial charge >= 0.3 is 0 Å². The minimum absolute atomic E-state index is 0.0124. The molecule has 6 rings (SSSR count). The molecule has 1 aromatic carbocycles. The molecule has 1 aliphatic rings. The number of aryl methyl sites for hydroxylation is 2. The summed E-state index contributed by atoms with van der Waals surface area (Å²) < 4.78 is 26.4. The average Bonchev–Trinajstić information content (AvgIpc) is 4.06. The number of carbonyl (C=O) groups excluding carboxylic acids is 3. The van der Waals surface area contributed by atoms with E-state index >= 15 is 0 Å². The lowest BCUT2D eigenvalue weighted by Gasteiger charge is -2.40. The number of nitrogens with one attached hydrogen (secondary N) is 3. The van der Waals surface area contributed by atoms with Crippen molar-refractivity contribution in [2.75, 3.05) is 73.9 Å². The first-order valence-electron chi connectivity index (χ1n) is 24.8. The molecule has 24 heteroatoms. The number of nitrogens with two attached hydrogens (primary N) is 1. The van der Waals surface area contributed by atoms with Crippen LogP contribution in [0.4, 0.5) is 0 Å². The van der Waals surface area contributed by atoms with Gasteiger partial charge in [-0.3, -0.25) is 29.0 Å². The van der Waals surface area contributed by atoms with Crippen LogP contribution in [0.15, 0.2) is 79.4 Å². The van der Waals surface area contributed by atoms with Gasteiger partial charge in [0.15, 0.2) is 12.3 Å². The van der Waals surface area contributed by atoms with Crippen LogP contribution in [0.1, 0.15) is 58.1 Å². The second-order valence-electron chi connectivity index (χ2n) is 19.1. The van der Waals surface area contributed by atoms with Crippen LogP contribution in [-0.4, -0.2) is 199 Å². The van der Waals surface area contributed by atoms with Crippen molar-refractivity contribution in [1.29, 1.82) is 0 Å². The van der Waals surface area contributed by atoms with Crippen LogP contribution in [0.25, 0.3) is 11.4 Å². The number of hydrogen-bond acceptors (Lipinski definition) is 18. The molecular formula is C50H72N13O11+. The summed E-state index contributed by atoms with van der Waals surface area (Å²) in [6, 6.07) is 15.4. The molecule has 5 aromatic rings. The van der Waals surface area contributed by atoms with Crippen LogP contribution in [0.5, 0.6) is 0 Å². The fraction of sp³-hybridized carbons (Fsp3) is 0.540. The van der Waals surface area contributed by atoms with E-state index in [1.165, 1.54) is 0 Å². The molecule has 0 saturated carbocycles. The first-order chi connectivity index (χ1) is 35.6. The van der Waals surface area contributed by atoms with Crippen molar-refractivity contribution in [2.45, 2.75) is 101 Å². The Kier molecular flexibility index (Phi) is 22.0. The number of hydrogen-bond donors (Lipinski definition) is 8.